The van der Waals surface area contributed by atoms with Crippen LogP contribution >= 0.6 is 15.9 Å². The van der Waals surface area contributed by atoms with Crippen LogP contribution in [0.25, 0.3) is 0 Å². The number of hydrogen-bond donors (Lipinski definition) is 2. The summed E-state index contributed by atoms with van der Waals surface area (Å²) in [6.07, 6.45) is -3.43. The molecule has 3 nitrogen and oxygen atoms in total. The standard InChI is InChI=1S/C14H9BrF4N2O/c15-9-6-11-8(5-10(9)16)13(14(17,18)19,21-12(22)20-11)4-3-7-1-2-7/h5-7H,1-2H2,(H2,20,21,22)/t13-/m0/s1. The molecule has 1 aliphatic heterocycles. The number of rotatable bonds is 0. The first kappa shape index (κ1) is 15.2. The Kier molecular flexibility index (Phi) is 3.36. The molecule has 1 atom stereocenters. The Morgan fingerprint density at radius 1 is 1.32 bits per heavy atom. The SMILES string of the molecule is O=C1Nc2cc(Br)c(F)cc2[C@@](C#CC2CC2)(C(F)(F)F)N1. The maximum absolute atomic E-state index is 13.7. The number of fused-ring (bicyclic) bond motifs is 1. The van der Waals surface area contributed by atoms with Gasteiger partial charge >= 0.3 is 12.2 Å². The fourth-order valence-corrected chi connectivity index (χ4v) is 2.53. The zero-order chi connectivity index (χ0) is 16.1. The van der Waals surface area contributed by atoms with E-state index in [9.17, 15) is 22.4 Å². The van der Waals surface area contributed by atoms with Gasteiger partial charge in [0, 0.05) is 11.5 Å². The average Bonchev–Trinajstić information content (AvgIpc) is 3.21. The summed E-state index contributed by atoms with van der Waals surface area (Å²) in [5, 5.41) is 4.07. The molecular weight excluding hydrogens is 368 g/mol. The Hall–Kier alpha value is -1.75. The molecule has 116 valence electrons. The van der Waals surface area contributed by atoms with E-state index in [2.05, 4.69) is 33.1 Å². The van der Waals surface area contributed by atoms with Gasteiger partial charge in [0.05, 0.1) is 10.2 Å². The van der Waals surface area contributed by atoms with Crippen molar-refractivity contribution in [3.05, 3.63) is 28.0 Å². The van der Waals surface area contributed by atoms with E-state index in [1.54, 1.807) is 0 Å². The summed E-state index contributed by atoms with van der Waals surface area (Å²) in [6.45, 7) is 0. The molecule has 0 bridgehead atoms. The lowest BCUT2D eigenvalue weighted by atomic mass is 9.86. The summed E-state index contributed by atoms with van der Waals surface area (Å²) in [4.78, 5) is 11.6. The Morgan fingerprint density at radius 3 is 2.59 bits per heavy atom. The van der Waals surface area contributed by atoms with E-state index in [1.807, 2.05) is 5.32 Å². The van der Waals surface area contributed by atoms with Crippen molar-refractivity contribution in [2.45, 2.75) is 24.6 Å². The van der Waals surface area contributed by atoms with Crippen LogP contribution in [0, 0.1) is 23.6 Å². The molecular formula is C14H9BrF4N2O. The summed E-state index contributed by atoms with van der Waals surface area (Å²) in [5.41, 5.74) is -3.48. The van der Waals surface area contributed by atoms with Crippen LogP contribution in [0.15, 0.2) is 16.6 Å². The molecule has 1 saturated carbocycles. The van der Waals surface area contributed by atoms with E-state index in [0.717, 1.165) is 25.0 Å². The highest BCUT2D eigenvalue weighted by molar-refractivity contribution is 9.10. The van der Waals surface area contributed by atoms with Gasteiger partial charge in [-0.3, -0.25) is 0 Å². The number of nitrogens with one attached hydrogen (secondary N) is 2. The Morgan fingerprint density at radius 2 is 2.00 bits per heavy atom. The molecule has 2 amide bonds. The van der Waals surface area contributed by atoms with E-state index in [0.29, 0.717) is 0 Å². The van der Waals surface area contributed by atoms with Crippen LogP contribution in [-0.4, -0.2) is 12.2 Å². The fraction of sp³-hybridized carbons (Fsp3) is 0.357. The summed E-state index contributed by atoms with van der Waals surface area (Å²) in [7, 11) is 0. The van der Waals surface area contributed by atoms with Crippen molar-refractivity contribution < 1.29 is 22.4 Å². The third-order valence-corrected chi connectivity index (χ3v) is 4.09. The van der Waals surface area contributed by atoms with Crippen LogP contribution in [0.4, 0.5) is 28.0 Å². The number of hydrogen-bond acceptors (Lipinski definition) is 1. The molecule has 1 aromatic rings. The number of carbonyl (C=O) groups excluding carboxylic acids is 1. The molecule has 1 aromatic carbocycles. The van der Waals surface area contributed by atoms with E-state index in [-0.39, 0.29) is 16.1 Å². The fourth-order valence-electron chi connectivity index (χ4n) is 2.18. The van der Waals surface area contributed by atoms with Gasteiger partial charge in [-0.25, -0.2) is 9.18 Å². The number of carbonyl (C=O) groups is 1. The van der Waals surface area contributed by atoms with E-state index < -0.39 is 29.1 Å². The second-order valence-electron chi connectivity index (χ2n) is 5.18. The molecule has 0 unspecified atom stereocenters. The third kappa shape index (κ3) is 2.43. The first-order valence-corrected chi connectivity index (χ1v) is 7.20. The van der Waals surface area contributed by atoms with E-state index in [4.69, 9.17) is 0 Å². The summed E-state index contributed by atoms with van der Waals surface area (Å²) in [6, 6.07) is 0.803. The van der Waals surface area contributed by atoms with Crippen molar-refractivity contribution in [3.8, 4) is 11.8 Å². The zero-order valence-corrected chi connectivity index (χ0v) is 12.5. The van der Waals surface area contributed by atoms with Gasteiger partial charge in [0.2, 0.25) is 5.54 Å². The summed E-state index contributed by atoms with van der Waals surface area (Å²) < 4.78 is 54.7. The number of anilines is 1. The van der Waals surface area contributed by atoms with Crippen LogP contribution in [0.3, 0.4) is 0 Å². The highest BCUT2D eigenvalue weighted by Gasteiger charge is 2.59. The first-order chi connectivity index (χ1) is 10.2. The minimum Gasteiger partial charge on any atom is -0.310 e. The molecule has 0 radical (unpaired) electrons. The van der Waals surface area contributed by atoms with Crippen molar-refractivity contribution in [1.29, 1.82) is 0 Å². The molecule has 22 heavy (non-hydrogen) atoms. The molecule has 1 aliphatic carbocycles. The quantitative estimate of drug-likeness (QED) is 0.523. The normalized spacial score (nSPS) is 23.8. The van der Waals surface area contributed by atoms with Gasteiger partial charge in [-0.1, -0.05) is 11.8 Å². The highest BCUT2D eigenvalue weighted by Crippen LogP contribution is 2.45. The Balaban J connectivity index is 2.24. The molecule has 1 heterocycles. The Labute approximate surface area is 131 Å². The number of benzene rings is 1. The lowest BCUT2D eigenvalue weighted by Crippen LogP contribution is -2.59. The molecule has 1 fully saturated rings. The smallest absolute Gasteiger partial charge is 0.310 e. The molecule has 3 rings (SSSR count). The maximum atomic E-state index is 13.7. The van der Waals surface area contributed by atoms with Gasteiger partial charge in [0.15, 0.2) is 0 Å². The second kappa shape index (κ2) is 4.88. The van der Waals surface area contributed by atoms with Crippen molar-refractivity contribution >= 4 is 27.6 Å². The predicted octanol–water partition coefficient (Wildman–Crippen LogP) is 3.89. The predicted molar refractivity (Wildman–Crippen MR) is 74.5 cm³/mol. The summed E-state index contributed by atoms with van der Waals surface area (Å²) in [5.74, 6) is 3.70. The van der Waals surface area contributed by atoms with Crippen molar-refractivity contribution in [1.82, 2.24) is 5.32 Å². The van der Waals surface area contributed by atoms with Gasteiger partial charge < -0.3 is 10.6 Å². The number of amides is 2. The monoisotopic (exact) mass is 376 g/mol. The topological polar surface area (TPSA) is 41.1 Å². The first-order valence-electron chi connectivity index (χ1n) is 6.41. The van der Waals surface area contributed by atoms with Gasteiger partial charge in [-0.15, -0.1) is 0 Å². The van der Waals surface area contributed by atoms with Gasteiger partial charge in [0.25, 0.3) is 0 Å². The number of halogens is 5. The van der Waals surface area contributed by atoms with Crippen LogP contribution in [0.1, 0.15) is 18.4 Å². The second-order valence-corrected chi connectivity index (χ2v) is 6.04. The lowest BCUT2D eigenvalue weighted by molar-refractivity contribution is -0.178. The molecule has 8 heteroatoms. The molecule has 0 spiro atoms. The lowest BCUT2D eigenvalue weighted by Gasteiger charge is -2.37. The van der Waals surface area contributed by atoms with Gasteiger partial charge in [-0.2, -0.15) is 13.2 Å². The highest BCUT2D eigenvalue weighted by atomic mass is 79.9. The van der Waals surface area contributed by atoms with Gasteiger partial charge in [-0.05, 0) is 40.9 Å². The maximum Gasteiger partial charge on any atom is 0.427 e. The average molecular weight is 377 g/mol. The molecule has 0 aromatic heterocycles. The minimum absolute atomic E-state index is 0.0420. The third-order valence-electron chi connectivity index (χ3n) is 3.48. The molecule has 2 N–H and O–H groups in total. The summed E-state index contributed by atoms with van der Waals surface area (Å²) >= 11 is 2.89. The molecule has 0 saturated heterocycles. The number of urea groups is 1. The van der Waals surface area contributed by atoms with Crippen LogP contribution < -0.4 is 10.6 Å². The van der Waals surface area contributed by atoms with Crippen LogP contribution in [-0.2, 0) is 5.54 Å². The zero-order valence-electron chi connectivity index (χ0n) is 10.9. The van der Waals surface area contributed by atoms with Crippen molar-refractivity contribution in [2.75, 3.05) is 5.32 Å². The number of alkyl halides is 3. The van der Waals surface area contributed by atoms with Gasteiger partial charge in [0.1, 0.15) is 5.82 Å². The van der Waals surface area contributed by atoms with Crippen molar-refractivity contribution in [3.63, 3.8) is 0 Å². The van der Waals surface area contributed by atoms with Crippen LogP contribution in [0.2, 0.25) is 0 Å². The van der Waals surface area contributed by atoms with E-state index >= 15 is 0 Å². The van der Waals surface area contributed by atoms with Crippen molar-refractivity contribution in [2.24, 2.45) is 5.92 Å². The molecule has 2 aliphatic rings. The van der Waals surface area contributed by atoms with E-state index in [1.165, 1.54) is 0 Å². The van der Waals surface area contributed by atoms with Crippen LogP contribution in [0.5, 0.6) is 0 Å². The Bertz CT molecular complexity index is 718. The minimum atomic E-state index is -4.89. The largest absolute Gasteiger partial charge is 0.427 e.